The highest BCUT2D eigenvalue weighted by atomic mass is 127. The molecule has 1 unspecified atom stereocenters. The van der Waals surface area contributed by atoms with E-state index in [0.717, 1.165) is 18.4 Å². The van der Waals surface area contributed by atoms with Gasteiger partial charge in [-0.2, -0.15) is 0 Å². The Balaban J connectivity index is 3.40. The van der Waals surface area contributed by atoms with Gasteiger partial charge >= 0.3 is 0 Å². The molecular weight excluding hydrogens is 237 g/mol. The maximum absolute atomic E-state index is 3.38. The standard InChI is InChI=1S/C8H18IN/c1-4-10-6-8(5-9)7(2)3/h7-8,10H,4-6H2,1-3H3. The van der Waals surface area contributed by atoms with Crippen LogP contribution in [0, 0.1) is 11.8 Å². The van der Waals surface area contributed by atoms with Gasteiger partial charge < -0.3 is 5.32 Å². The molecule has 0 aromatic rings. The van der Waals surface area contributed by atoms with Crippen LogP contribution >= 0.6 is 22.6 Å². The van der Waals surface area contributed by atoms with E-state index in [2.05, 4.69) is 48.7 Å². The second-order valence-electron chi connectivity index (χ2n) is 2.97. The lowest BCUT2D eigenvalue weighted by atomic mass is 9.98. The van der Waals surface area contributed by atoms with E-state index in [0.29, 0.717) is 0 Å². The van der Waals surface area contributed by atoms with E-state index in [9.17, 15) is 0 Å². The van der Waals surface area contributed by atoms with Crippen molar-refractivity contribution in [3.8, 4) is 0 Å². The first kappa shape index (κ1) is 10.7. The average molecular weight is 255 g/mol. The molecule has 0 aromatic heterocycles. The smallest absolute Gasteiger partial charge is 0.00382 e. The van der Waals surface area contributed by atoms with Crippen LogP contribution in [-0.2, 0) is 0 Å². The van der Waals surface area contributed by atoms with Gasteiger partial charge in [-0.15, -0.1) is 0 Å². The predicted octanol–water partition coefficient (Wildman–Crippen LogP) is 2.30. The minimum atomic E-state index is 0.816. The van der Waals surface area contributed by atoms with Crippen molar-refractivity contribution in [2.24, 2.45) is 11.8 Å². The molecule has 0 saturated carbocycles. The van der Waals surface area contributed by atoms with Gasteiger partial charge in [-0.05, 0) is 24.9 Å². The summed E-state index contributed by atoms with van der Waals surface area (Å²) in [7, 11) is 0. The van der Waals surface area contributed by atoms with Gasteiger partial charge in [0.05, 0.1) is 0 Å². The molecule has 0 heterocycles. The highest BCUT2D eigenvalue weighted by Gasteiger charge is 2.09. The zero-order valence-corrected chi connectivity index (χ0v) is 9.31. The molecule has 1 N–H and O–H groups in total. The fraction of sp³-hybridized carbons (Fsp3) is 1.00. The minimum Gasteiger partial charge on any atom is -0.317 e. The van der Waals surface area contributed by atoms with Crippen LogP contribution < -0.4 is 5.32 Å². The molecule has 0 aliphatic heterocycles. The molecule has 0 spiro atoms. The van der Waals surface area contributed by atoms with Gasteiger partial charge in [0.15, 0.2) is 0 Å². The Bertz CT molecular complexity index is 73.7. The number of rotatable bonds is 5. The van der Waals surface area contributed by atoms with Gasteiger partial charge in [0, 0.05) is 4.43 Å². The molecule has 0 aliphatic rings. The molecular formula is C8H18IN. The molecule has 0 radical (unpaired) electrons. The third kappa shape index (κ3) is 4.50. The van der Waals surface area contributed by atoms with E-state index in [4.69, 9.17) is 0 Å². The maximum atomic E-state index is 3.38. The topological polar surface area (TPSA) is 12.0 Å². The normalized spacial score (nSPS) is 14.1. The van der Waals surface area contributed by atoms with Crippen molar-refractivity contribution in [3.63, 3.8) is 0 Å². The molecule has 0 rings (SSSR count). The molecule has 2 heteroatoms. The number of hydrogen-bond acceptors (Lipinski definition) is 1. The molecule has 1 nitrogen and oxygen atoms in total. The van der Waals surface area contributed by atoms with E-state index < -0.39 is 0 Å². The fourth-order valence-electron chi connectivity index (χ4n) is 0.798. The Hall–Kier alpha value is 0.690. The molecule has 10 heavy (non-hydrogen) atoms. The Morgan fingerprint density at radius 2 is 2.00 bits per heavy atom. The SMILES string of the molecule is CCNCC(CI)C(C)C. The summed E-state index contributed by atoms with van der Waals surface area (Å²) in [6.07, 6.45) is 0. The van der Waals surface area contributed by atoms with E-state index in [1.165, 1.54) is 11.0 Å². The van der Waals surface area contributed by atoms with Crippen LogP contribution in [0.1, 0.15) is 20.8 Å². The van der Waals surface area contributed by atoms with Crippen LogP contribution in [0.5, 0.6) is 0 Å². The lowest BCUT2D eigenvalue weighted by Gasteiger charge is -2.17. The summed E-state index contributed by atoms with van der Waals surface area (Å²) in [5, 5.41) is 3.38. The Kier molecular flexibility index (Phi) is 6.85. The zero-order chi connectivity index (χ0) is 7.98. The lowest BCUT2D eigenvalue weighted by Crippen LogP contribution is -2.26. The molecule has 0 saturated heterocycles. The monoisotopic (exact) mass is 255 g/mol. The maximum Gasteiger partial charge on any atom is 0.00382 e. The molecule has 1 atom stereocenters. The van der Waals surface area contributed by atoms with Crippen molar-refractivity contribution < 1.29 is 0 Å². The van der Waals surface area contributed by atoms with Crippen LogP contribution in [0.2, 0.25) is 0 Å². The number of hydrogen-bond donors (Lipinski definition) is 1. The van der Waals surface area contributed by atoms with E-state index in [1.807, 2.05) is 0 Å². The van der Waals surface area contributed by atoms with Gasteiger partial charge in [0.25, 0.3) is 0 Å². The van der Waals surface area contributed by atoms with E-state index in [-0.39, 0.29) is 0 Å². The van der Waals surface area contributed by atoms with Crippen molar-refractivity contribution in [1.82, 2.24) is 5.32 Å². The van der Waals surface area contributed by atoms with Crippen molar-refractivity contribution in [2.45, 2.75) is 20.8 Å². The highest BCUT2D eigenvalue weighted by molar-refractivity contribution is 14.1. The van der Waals surface area contributed by atoms with E-state index in [1.54, 1.807) is 0 Å². The summed E-state index contributed by atoms with van der Waals surface area (Å²) < 4.78 is 1.27. The summed E-state index contributed by atoms with van der Waals surface area (Å²) in [5.41, 5.74) is 0. The van der Waals surface area contributed by atoms with Gasteiger partial charge in [-0.1, -0.05) is 43.4 Å². The van der Waals surface area contributed by atoms with Gasteiger partial charge in [-0.25, -0.2) is 0 Å². The molecule has 0 bridgehead atoms. The van der Waals surface area contributed by atoms with Gasteiger partial charge in [-0.3, -0.25) is 0 Å². The summed E-state index contributed by atoms with van der Waals surface area (Å²) in [6, 6.07) is 0. The summed E-state index contributed by atoms with van der Waals surface area (Å²) in [6.45, 7) is 9.02. The van der Waals surface area contributed by atoms with Crippen LogP contribution in [0.3, 0.4) is 0 Å². The largest absolute Gasteiger partial charge is 0.317 e. The Labute approximate surface area is 78.1 Å². The first-order valence-electron chi connectivity index (χ1n) is 3.99. The average Bonchev–Trinajstić information content (AvgIpc) is 1.89. The van der Waals surface area contributed by atoms with E-state index >= 15 is 0 Å². The second kappa shape index (κ2) is 6.40. The molecule has 0 amide bonds. The van der Waals surface area contributed by atoms with Crippen LogP contribution in [-0.4, -0.2) is 17.5 Å². The fourth-order valence-corrected chi connectivity index (χ4v) is 2.13. The molecule has 62 valence electrons. The summed E-state index contributed by atoms with van der Waals surface area (Å²) >= 11 is 2.46. The van der Waals surface area contributed by atoms with Crippen molar-refractivity contribution in [2.75, 3.05) is 17.5 Å². The Morgan fingerprint density at radius 3 is 2.30 bits per heavy atom. The van der Waals surface area contributed by atoms with Crippen molar-refractivity contribution in [3.05, 3.63) is 0 Å². The quantitative estimate of drug-likeness (QED) is 0.587. The van der Waals surface area contributed by atoms with Crippen molar-refractivity contribution >= 4 is 22.6 Å². The third-order valence-electron chi connectivity index (χ3n) is 1.80. The number of alkyl halides is 1. The summed E-state index contributed by atoms with van der Waals surface area (Å²) in [4.78, 5) is 0. The lowest BCUT2D eigenvalue weighted by molar-refractivity contribution is 0.408. The molecule has 0 aromatic carbocycles. The second-order valence-corrected chi connectivity index (χ2v) is 3.85. The zero-order valence-electron chi connectivity index (χ0n) is 7.15. The minimum absolute atomic E-state index is 0.816. The van der Waals surface area contributed by atoms with Crippen LogP contribution in [0.4, 0.5) is 0 Å². The third-order valence-corrected chi connectivity index (χ3v) is 2.93. The van der Waals surface area contributed by atoms with Crippen LogP contribution in [0.15, 0.2) is 0 Å². The van der Waals surface area contributed by atoms with Gasteiger partial charge in [0.2, 0.25) is 0 Å². The first-order chi connectivity index (χ1) is 4.72. The van der Waals surface area contributed by atoms with Crippen molar-refractivity contribution in [1.29, 1.82) is 0 Å². The molecule has 0 aliphatic carbocycles. The first-order valence-corrected chi connectivity index (χ1v) is 5.51. The summed E-state index contributed by atoms with van der Waals surface area (Å²) in [5.74, 6) is 1.66. The van der Waals surface area contributed by atoms with Crippen LogP contribution in [0.25, 0.3) is 0 Å². The highest BCUT2D eigenvalue weighted by Crippen LogP contribution is 2.12. The number of nitrogens with one attached hydrogen (secondary N) is 1. The van der Waals surface area contributed by atoms with Gasteiger partial charge in [0.1, 0.15) is 0 Å². The number of halogens is 1. The Morgan fingerprint density at radius 1 is 1.40 bits per heavy atom. The predicted molar refractivity (Wildman–Crippen MR) is 55.8 cm³/mol. The molecule has 0 fully saturated rings.